The number of rotatable bonds is 2. The molecule has 0 radical (unpaired) electrons. The average Bonchev–Trinajstić information content (AvgIpc) is 3.42. The number of ketones is 1. The fraction of sp³-hybridized carbons (Fsp3) is 0.538. The third-order valence-electron chi connectivity index (χ3n) is 9.25. The van der Waals surface area contributed by atoms with Crippen molar-refractivity contribution in [3.63, 3.8) is 0 Å². The second-order valence-electron chi connectivity index (χ2n) is 10.5. The molecule has 0 spiro atoms. The smallest absolute Gasteiger partial charge is 0.155 e. The van der Waals surface area contributed by atoms with Crippen LogP contribution in [0.15, 0.2) is 54.6 Å². The van der Waals surface area contributed by atoms with Crippen LogP contribution in [0.25, 0.3) is 5.57 Å². The lowest BCUT2D eigenvalue weighted by atomic mass is 9.46. The molecule has 6 rings (SSSR count). The minimum atomic E-state index is 0.0630. The van der Waals surface area contributed by atoms with Crippen molar-refractivity contribution in [1.82, 2.24) is 20.0 Å². The molecule has 4 aliphatic carbocycles. The van der Waals surface area contributed by atoms with E-state index in [1.54, 1.807) is 12.4 Å². The molecule has 4 unspecified atom stereocenters. The zero-order chi connectivity index (χ0) is 21.2. The van der Waals surface area contributed by atoms with Gasteiger partial charge in [-0.2, -0.15) is 15.0 Å². The zero-order valence-corrected chi connectivity index (χ0v) is 18.4. The van der Waals surface area contributed by atoms with Crippen LogP contribution in [0.1, 0.15) is 64.0 Å². The van der Waals surface area contributed by atoms with E-state index < -0.39 is 0 Å². The molecule has 4 aliphatic rings. The Hall–Kier alpha value is -2.56. The number of pyridine rings is 1. The number of hydrogen-bond acceptors (Lipinski definition) is 4. The summed E-state index contributed by atoms with van der Waals surface area (Å²) in [5.74, 6) is 2.12. The summed E-state index contributed by atoms with van der Waals surface area (Å²) in [5.41, 5.74) is 4.30. The van der Waals surface area contributed by atoms with E-state index in [4.69, 9.17) is 0 Å². The monoisotopic (exact) mass is 414 g/mol. The maximum absolute atomic E-state index is 12.4. The van der Waals surface area contributed by atoms with Crippen molar-refractivity contribution in [2.75, 3.05) is 0 Å². The second kappa shape index (κ2) is 6.72. The van der Waals surface area contributed by atoms with Crippen molar-refractivity contribution >= 4 is 11.4 Å². The molecular formula is C26H30N4O. The van der Waals surface area contributed by atoms with Crippen LogP contribution >= 0.6 is 0 Å². The Morgan fingerprint density at radius 2 is 1.90 bits per heavy atom. The molecule has 0 aromatic carbocycles. The molecule has 5 heteroatoms. The minimum absolute atomic E-state index is 0.0630. The van der Waals surface area contributed by atoms with Crippen LogP contribution in [0, 0.1) is 28.6 Å². The normalized spacial score (nSPS) is 39.2. The summed E-state index contributed by atoms with van der Waals surface area (Å²) in [6.07, 6.45) is 18.1. The second-order valence-corrected chi connectivity index (χ2v) is 10.5. The predicted octanol–water partition coefficient (Wildman–Crippen LogP) is 5.05. The summed E-state index contributed by atoms with van der Waals surface area (Å²) < 4.78 is 0. The Balaban J connectivity index is 1.41. The van der Waals surface area contributed by atoms with E-state index in [0.29, 0.717) is 24.2 Å². The van der Waals surface area contributed by atoms with E-state index >= 15 is 0 Å². The van der Waals surface area contributed by atoms with E-state index in [0.717, 1.165) is 19.3 Å². The highest BCUT2D eigenvalue weighted by molar-refractivity contribution is 5.91. The summed E-state index contributed by atoms with van der Waals surface area (Å²) in [6.45, 7) is 4.91. The van der Waals surface area contributed by atoms with Gasteiger partial charge in [0.15, 0.2) is 5.78 Å². The van der Waals surface area contributed by atoms with Crippen LogP contribution < -0.4 is 0 Å². The zero-order valence-electron chi connectivity index (χ0n) is 18.4. The maximum atomic E-state index is 12.4. The Morgan fingerprint density at radius 3 is 2.68 bits per heavy atom. The molecule has 2 saturated carbocycles. The molecular weight excluding hydrogens is 384 g/mol. The lowest BCUT2D eigenvalue weighted by Crippen LogP contribution is -2.52. The van der Waals surface area contributed by atoms with Crippen LogP contribution in [-0.2, 0) is 4.79 Å². The Labute approximate surface area is 183 Å². The highest BCUT2D eigenvalue weighted by atomic mass is 16.1. The molecule has 160 valence electrons. The predicted molar refractivity (Wildman–Crippen MR) is 119 cm³/mol. The van der Waals surface area contributed by atoms with Crippen LogP contribution in [0.3, 0.4) is 0 Å². The highest BCUT2D eigenvalue weighted by Gasteiger charge is 2.59. The Morgan fingerprint density at radius 1 is 1.06 bits per heavy atom. The lowest BCUT2D eigenvalue weighted by Gasteiger charge is -2.59. The summed E-state index contributed by atoms with van der Waals surface area (Å²) in [4.78, 5) is 18.7. The molecule has 0 amide bonds. The van der Waals surface area contributed by atoms with Gasteiger partial charge in [-0.15, -0.1) is 0 Å². The number of carbonyl (C=O) groups is 1. The topological polar surface area (TPSA) is 60.7 Å². The minimum Gasteiger partial charge on any atom is -0.295 e. The largest absolute Gasteiger partial charge is 0.295 e. The SMILES string of the molecule is C[C@]12CCC(=O)C=C1C(n1nccn1)CC1C2CC[C@]2(C)C(c3cccnc3)=CCC12. The molecule has 0 saturated heterocycles. The van der Waals surface area contributed by atoms with Crippen molar-refractivity contribution in [2.45, 2.75) is 58.4 Å². The number of hydrogen-bond donors (Lipinski definition) is 0. The van der Waals surface area contributed by atoms with Gasteiger partial charge in [-0.25, -0.2) is 0 Å². The van der Waals surface area contributed by atoms with Gasteiger partial charge in [-0.3, -0.25) is 9.78 Å². The van der Waals surface area contributed by atoms with Gasteiger partial charge in [0.05, 0.1) is 18.4 Å². The lowest BCUT2D eigenvalue weighted by molar-refractivity contribution is -0.117. The van der Waals surface area contributed by atoms with Crippen molar-refractivity contribution < 1.29 is 4.79 Å². The first-order chi connectivity index (χ1) is 15.0. The maximum Gasteiger partial charge on any atom is 0.155 e. The molecule has 31 heavy (non-hydrogen) atoms. The standard InChI is InChI=1S/C26H30N4O/c1-25-10-8-22-19(21(25)6-5-20(25)17-4-3-11-27-16-17)15-24(30-28-12-13-29-30)23-14-18(31)7-9-26(22,23)2/h3-5,11-14,16,19,21-22,24H,6-10,15H2,1-2H3/t19?,21?,22?,24?,25-,26-/m1/s1. The van der Waals surface area contributed by atoms with Gasteiger partial charge in [0, 0.05) is 18.8 Å². The van der Waals surface area contributed by atoms with Gasteiger partial charge in [-0.05, 0) is 89.5 Å². The summed E-state index contributed by atoms with van der Waals surface area (Å²) in [5, 5.41) is 9.04. The van der Waals surface area contributed by atoms with Gasteiger partial charge >= 0.3 is 0 Å². The number of carbonyl (C=O) groups excluding carboxylic acids is 1. The Kier molecular flexibility index (Phi) is 4.15. The van der Waals surface area contributed by atoms with Crippen LogP contribution in [-0.4, -0.2) is 25.8 Å². The number of allylic oxidation sites excluding steroid dienone is 4. The van der Waals surface area contributed by atoms with E-state index in [-0.39, 0.29) is 22.7 Å². The van der Waals surface area contributed by atoms with Gasteiger partial charge in [0.2, 0.25) is 0 Å². The molecule has 0 N–H and O–H groups in total. The number of nitrogens with zero attached hydrogens (tertiary/aromatic N) is 4. The molecule has 2 heterocycles. The summed E-state index contributed by atoms with van der Waals surface area (Å²) in [7, 11) is 0. The van der Waals surface area contributed by atoms with E-state index in [9.17, 15) is 4.79 Å². The van der Waals surface area contributed by atoms with E-state index in [1.807, 2.05) is 23.3 Å². The van der Waals surface area contributed by atoms with Gasteiger partial charge in [-0.1, -0.05) is 26.0 Å². The molecule has 2 fully saturated rings. The molecule has 2 aromatic heterocycles. The van der Waals surface area contributed by atoms with Crippen molar-refractivity contribution in [1.29, 1.82) is 0 Å². The number of aromatic nitrogens is 4. The molecule has 0 aliphatic heterocycles. The van der Waals surface area contributed by atoms with E-state index in [1.165, 1.54) is 29.6 Å². The van der Waals surface area contributed by atoms with Gasteiger partial charge in [0.25, 0.3) is 0 Å². The molecule has 2 aromatic rings. The first-order valence-electron chi connectivity index (χ1n) is 11.7. The van der Waals surface area contributed by atoms with Crippen molar-refractivity contribution in [3.05, 3.63) is 60.2 Å². The quantitative estimate of drug-likeness (QED) is 0.690. The van der Waals surface area contributed by atoms with Crippen LogP contribution in [0.4, 0.5) is 0 Å². The molecule has 6 atom stereocenters. The fourth-order valence-electron chi connectivity index (χ4n) is 7.75. The van der Waals surface area contributed by atoms with E-state index in [2.05, 4.69) is 47.2 Å². The third kappa shape index (κ3) is 2.68. The third-order valence-corrected chi connectivity index (χ3v) is 9.25. The van der Waals surface area contributed by atoms with Gasteiger partial charge < -0.3 is 0 Å². The van der Waals surface area contributed by atoms with Crippen molar-refractivity contribution in [3.8, 4) is 0 Å². The Bertz CT molecular complexity index is 1070. The summed E-state index contributed by atoms with van der Waals surface area (Å²) >= 11 is 0. The summed E-state index contributed by atoms with van der Waals surface area (Å²) in [6, 6.07) is 4.36. The molecule has 0 bridgehead atoms. The van der Waals surface area contributed by atoms with Crippen molar-refractivity contribution in [2.24, 2.45) is 28.6 Å². The molecule has 5 nitrogen and oxygen atoms in total. The first kappa shape index (κ1) is 19.1. The highest BCUT2D eigenvalue weighted by Crippen LogP contribution is 2.68. The average molecular weight is 415 g/mol. The fourth-order valence-corrected chi connectivity index (χ4v) is 7.75. The van der Waals surface area contributed by atoms with Crippen LogP contribution in [0.5, 0.6) is 0 Å². The van der Waals surface area contributed by atoms with Gasteiger partial charge in [0.1, 0.15) is 0 Å². The number of fused-ring (bicyclic) bond motifs is 5. The first-order valence-corrected chi connectivity index (χ1v) is 11.7. The van der Waals surface area contributed by atoms with Crippen LogP contribution in [0.2, 0.25) is 0 Å².